The minimum absolute atomic E-state index is 0.00339. The molecule has 2 heterocycles. The Hall–Kier alpha value is -1.92. The molecule has 1 aromatic rings. The molecule has 1 amide bonds. The van der Waals surface area contributed by atoms with Gasteiger partial charge in [-0.2, -0.15) is 0 Å². The molecule has 2 aliphatic heterocycles. The summed E-state index contributed by atoms with van der Waals surface area (Å²) in [6, 6.07) is 6.53. The maximum atomic E-state index is 12.7. The minimum atomic E-state index is -0.985. The van der Waals surface area contributed by atoms with E-state index < -0.39 is 5.97 Å². The van der Waals surface area contributed by atoms with Crippen LogP contribution in [0.4, 0.5) is 0 Å². The van der Waals surface area contributed by atoms with E-state index in [0.717, 1.165) is 6.42 Å². The fraction of sp³-hybridized carbons (Fsp3) is 0.500. The summed E-state index contributed by atoms with van der Waals surface area (Å²) in [7, 11) is 0. The van der Waals surface area contributed by atoms with Gasteiger partial charge in [0.15, 0.2) is 0 Å². The first kappa shape index (κ1) is 15.0. The number of rotatable bonds is 3. The Kier molecular flexibility index (Phi) is 4.13. The largest absolute Gasteiger partial charge is 0.478 e. The molecule has 1 aromatic carbocycles. The van der Waals surface area contributed by atoms with Gasteiger partial charge in [-0.1, -0.05) is 12.1 Å². The molecular weight excluding hydrogens is 286 g/mol. The smallest absolute Gasteiger partial charge is 0.335 e. The number of carbonyl (C=O) groups is 2. The summed E-state index contributed by atoms with van der Waals surface area (Å²) in [6.07, 6.45) is 0.983. The molecule has 6 nitrogen and oxygen atoms in total. The Bertz CT molecular complexity index is 580. The molecule has 2 aliphatic rings. The monoisotopic (exact) mass is 305 g/mol. The number of amides is 1. The molecule has 6 heteroatoms. The van der Waals surface area contributed by atoms with Crippen LogP contribution in [0.3, 0.4) is 0 Å². The Labute approximate surface area is 128 Å². The van der Waals surface area contributed by atoms with Gasteiger partial charge in [0.05, 0.1) is 37.3 Å². The SMILES string of the molecule is O=C(O)c1cccc(CC(=O)N2CCOCC23CCOC3)c1. The van der Waals surface area contributed by atoms with Crippen molar-refractivity contribution in [2.75, 3.05) is 33.0 Å². The number of ether oxygens (including phenoxy) is 2. The molecular formula is C16H19NO5. The lowest BCUT2D eigenvalue weighted by molar-refractivity contribution is -0.148. The van der Waals surface area contributed by atoms with Crippen molar-refractivity contribution in [2.24, 2.45) is 0 Å². The Balaban J connectivity index is 1.75. The van der Waals surface area contributed by atoms with Crippen LogP contribution in [0.25, 0.3) is 0 Å². The van der Waals surface area contributed by atoms with Crippen molar-refractivity contribution >= 4 is 11.9 Å². The van der Waals surface area contributed by atoms with Gasteiger partial charge in [0.1, 0.15) is 0 Å². The Morgan fingerprint density at radius 1 is 1.23 bits per heavy atom. The quantitative estimate of drug-likeness (QED) is 0.899. The van der Waals surface area contributed by atoms with E-state index in [1.54, 1.807) is 18.2 Å². The second-order valence-corrected chi connectivity index (χ2v) is 5.81. The highest BCUT2D eigenvalue weighted by Crippen LogP contribution is 2.30. The second-order valence-electron chi connectivity index (χ2n) is 5.81. The van der Waals surface area contributed by atoms with Gasteiger partial charge < -0.3 is 19.5 Å². The predicted octanol–water partition coefficient (Wildman–Crippen LogP) is 0.945. The van der Waals surface area contributed by atoms with E-state index in [2.05, 4.69) is 0 Å². The van der Waals surface area contributed by atoms with Crippen molar-refractivity contribution < 1.29 is 24.2 Å². The molecule has 1 atom stereocenters. The summed E-state index contributed by atoms with van der Waals surface area (Å²) in [6.45, 7) is 2.74. The number of carboxylic acids is 1. The van der Waals surface area contributed by atoms with Crippen LogP contribution in [-0.2, 0) is 20.7 Å². The topological polar surface area (TPSA) is 76.1 Å². The van der Waals surface area contributed by atoms with E-state index in [-0.39, 0.29) is 23.4 Å². The average molecular weight is 305 g/mol. The summed E-state index contributed by atoms with van der Waals surface area (Å²) in [5.41, 5.74) is 0.566. The van der Waals surface area contributed by atoms with Gasteiger partial charge in [-0.15, -0.1) is 0 Å². The molecule has 1 unspecified atom stereocenters. The first-order chi connectivity index (χ1) is 10.6. The molecule has 118 valence electrons. The molecule has 1 spiro atoms. The number of nitrogens with zero attached hydrogens (tertiary/aromatic N) is 1. The maximum absolute atomic E-state index is 12.7. The van der Waals surface area contributed by atoms with Gasteiger partial charge in [0.25, 0.3) is 0 Å². The summed E-state index contributed by atoms with van der Waals surface area (Å²) >= 11 is 0. The van der Waals surface area contributed by atoms with Crippen molar-refractivity contribution in [3.05, 3.63) is 35.4 Å². The van der Waals surface area contributed by atoms with Crippen molar-refractivity contribution in [3.63, 3.8) is 0 Å². The number of morpholine rings is 1. The normalized spacial score (nSPS) is 24.6. The van der Waals surface area contributed by atoms with Crippen molar-refractivity contribution in [1.82, 2.24) is 4.90 Å². The third-order valence-corrected chi connectivity index (χ3v) is 4.32. The Morgan fingerprint density at radius 2 is 2.00 bits per heavy atom. The van der Waals surface area contributed by atoms with Crippen LogP contribution in [0.5, 0.6) is 0 Å². The predicted molar refractivity (Wildman–Crippen MR) is 77.8 cm³/mol. The van der Waals surface area contributed by atoms with E-state index in [9.17, 15) is 9.59 Å². The third kappa shape index (κ3) is 2.84. The fourth-order valence-electron chi connectivity index (χ4n) is 3.13. The van der Waals surface area contributed by atoms with Crippen LogP contribution in [0.1, 0.15) is 22.3 Å². The zero-order valence-electron chi connectivity index (χ0n) is 12.3. The van der Waals surface area contributed by atoms with Gasteiger partial charge in [0.2, 0.25) is 5.91 Å². The molecule has 0 radical (unpaired) electrons. The number of hydrogen-bond acceptors (Lipinski definition) is 4. The fourth-order valence-corrected chi connectivity index (χ4v) is 3.13. The highest BCUT2D eigenvalue weighted by Gasteiger charge is 2.45. The zero-order chi connectivity index (χ0) is 15.6. The van der Waals surface area contributed by atoms with Crippen LogP contribution < -0.4 is 0 Å². The van der Waals surface area contributed by atoms with Crippen LogP contribution in [0, 0.1) is 0 Å². The van der Waals surface area contributed by atoms with Crippen molar-refractivity contribution in [1.29, 1.82) is 0 Å². The first-order valence-electron chi connectivity index (χ1n) is 7.39. The lowest BCUT2D eigenvalue weighted by Crippen LogP contribution is -2.60. The van der Waals surface area contributed by atoms with E-state index in [0.29, 0.717) is 38.5 Å². The van der Waals surface area contributed by atoms with Gasteiger partial charge in [-0.25, -0.2) is 4.79 Å². The maximum Gasteiger partial charge on any atom is 0.335 e. The lowest BCUT2D eigenvalue weighted by Gasteiger charge is -2.43. The van der Waals surface area contributed by atoms with E-state index >= 15 is 0 Å². The molecule has 2 saturated heterocycles. The third-order valence-electron chi connectivity index (χ3n) is 4.32. The summed E-state index contributed by atoms with van der Waals surface area (Å²) < 4.78 is 11.0. The zero-order valence-corrected chi connectivity index (χ0v) is 12.3. The van der Waals surface area contributed by atoms with E-state index in [1.807, 2.05) is 4.90 Å². The molecule has 2 fully saturated rings. The van der Waals surface area contributed by atoms with Gasteiger partial charge in [0, 0.05) is 13.2 Å². The molecule has 0 bridgehead atoms. The number of benzene rings is 1. The lowest BCUT2D eigenvalue weighted by atomic mass is 9.94. The van der Waals surface area contributed by atoms with Crippen LogP contribution in [0.2, 0.25) is 0 Å². The second kappa shape index (κ2) is 6.06. The number of carbonyl (C=O) groups excluding carboxylic acids is 1. The van der Waals surface area contributed by atoms with Crippen molar-refractivity contribution in [3.8, 4) is 0 Å². The van der Waals surface area contributed by atoms with E-state index in [1.165, 1.54) is 6.07 Å². The number of aromatic carboxylic acids is 1. The highest BCUT2D eigenvalue weighted by atomic mass is 16.5. The van der Waals surface area contributed by atoms with Gasteiger partial charge in [-0.3, -0.25) is 4.79 Å². The van der Waals surface area contributed by atoms with Gasteiger partial charge >= 0.3 is 5.97 Å². The highest BCUT2D eigenvalue weighted by molar-refractivity contribution is 5.88. The molecule has 0 saturated carbocycles. The van der Waals surface area contributed by atoms with Crippen molar-refractivity contribution in [2.45, 2.75) is 18.4 Å². The standard InChI is InChI=1S/C16H19NO5/c18-14(9-12-2-1-3-13(8-12)15(19)20)17-5-7-22-11-16(17)4-6-21-10-16/h1-3,8H,4-7,9-11H2,(H,19,20). The van der Waals surface area contributed by atoms with Crippen LogP contribution in [0.15, 0.2) is 24.3 Å². The Morgan fingerprint density at radius 3 is 2.73 bits per heavy atom. The summed E-state index contributed by atoms with van der Waals surface area (Å²) in [5.74, 6) is -0.988. The first-order valence-corrected chi connectivity index (χ1v) is 7.39. The van der Waals surface area contributed by atoms with Crippen LogP contribution >= 0.6 is 0 Å². The average Bonchev–Trinajstić information content (AvgIpc) is 2.96. The summed E-state index contributed by atoms with van der Waals surface area (Å²) in [4.78, 5) is 25.6. The molecule has 1 N–H and O–H groups in total. The van der Waals surface area contributed by atoms with E-state index in [4.69, 9.17) is 14.6 Å². The molecule has 3 rings (SSSR count). The minimum Gasteiger partial charge on any atom is -0.478 e. The number of carboxylic acid groups (broad SMARTS) is 1. The van der Waals surface area contributed by atoms with Gasteiger partial charge in [-0.05, 0) is 24.1 Å². The molecule has 22 heavy (non-hydrogen) atoms. The van der Waals surface area contributed by atoms with Crippen LogP contribution in [-0.4, -0.2) is 60.4 Å². The molecule has 0 aromatic heterocycles. The number of hydrogen-bond donors (Lipinski definition) is 1. The summed E-state index contributed by atoms with van der Waals surface area (Å²) in [5, 5.41) is 9.03. The molecule has 0 aliphatic carbocycles.